The van der Waals surface area contributed by atoms with E-state index in [1.54, 1.807) is 12.1 Å². The van der Waals surface area contributed by atoms with Gasteiger partial charge in [-0.25, -0.2) is 0 Å². The van der Waals surface area contributed by atoms with E-state index in [0.29, 0.717) is 25.5 Å². The van der Waals surface area contributed by atoms with E-state index in [4.69, 9.17) is 14.9 Å². The van der Waals surface area contributed by atoms with Crippen LogP contribution in [0, 0.1) is 6.92 Å². The van der Waals surface area contributed by atoms with Crippen LogP contribution in [0.3, 0.4) is 0 Å². The summed E-state index contributed by atoms with van der Waals surface area (Å²) in [4.78, 5) is 12.0. The molecule has 0 aromatic carbocycles. The summed E-state index contributed by atoms with van der Waals surface area (Å²) in [5.74, 6) is 0.858. The van der Waals surface area contributed by atoms with Crippen LogP contribution < -0.4 is 11.1 Å². The van der Waals surface area contributed by atoms with Gasteiger partial charge in [0.2, 0.25) is 0 Å². The third kappa shape index (κ3) is 2.68. The highest BCUT2D eigenvalue weighted by Gasteiger charge is 2.33. The number of furan rings is 1. The molecule has 0 unspecified atom stereocenters. The summed E-state index contributed by atoms with van der Waals surface area (Å²) in [5.41, 5.74) is 5.42. The Balaban J connectivity index is 2.05. The smallest absolute Gasteiger partial charge is 0.287 e. The van der Waals surface area contributed by atoms with Crippen LogP contribution >= 0.6 is 0 Å². The summed E-state index contributed by atoms with van der Waals surface area (Å²) in [6.45, 7) is 3.50. The number of aryl methyl sites for hydroxylation is 1. The molecule has 2 rings (SSSR count). The van der Waals surface area contributed by atoms with Crippen LogP contribution in [0.5, 0.6) is 0 Å². The molecule has 0 radical (unpaired) electrons. The van der Waals surface area contributed by atoms with Crippen LogP contribution in [0.15, 0.2) is 16.5 Å². The molecule has 1 amide bonds. The number of ether oxygens (including phenoxy) is 1. The number of rotatable bonds is 3. The first-order valence-electron chi connectivity index (χ1n) is 5.82. The SMILES string of the molecule is Cc1ccc(C(=O)NC2(CN)CCOCC2)o1. The number of hydrogen-bond acceptors (Lipinski definition) is 4. The average Bonchev–Trinajstić information content (AvgIpc) is 2.77. The zero-order chi connectivity index (χ0) is 12.3. The molecule has 0 aliphatic carbocycles. The topological polar surface area (TPSA) is 77.5 Å². The van der Waals surface area contributed by atoms with Gasteiger partial charge in [-0.2, -0.15) is 0 Å². The Hall–Kier alpha value is -1.33. The Morgan fingerprint density at radius 3 is 2.71 bits per heavy atom. The Labute approximate surface area is 100 Å². The fourth-order valence-corrected chi connectivity index (χ4v) is 2.00. The summed E-state index contributed by atoms with van der Waals surface area (Å²) in [6.07, 6.45) is 1.49. The predicted molar refractivity (Wildman–Crippen MR) is 62.7 cm³/mol. The summed E-state index contributed by atoms with van der Waals surface area (Å²) in [5, 5.41) is 2.97. The third-order valence-corrected chi connectivity index (χ3v) is 3.18. The lowest BCUT2D eigenvalue weighted by molar-refractivity contribution is 0.0380. The molecule has 0 atom stereocenters. The number of hydrogen-bond donors (Lipinski definition) is 2. The predicted octanol–water partition coefficient (Wildman–Crippen LogP) is 0.826. The molecule has 1 saturated heterocycles. The Bertz CT molecular complexity index is 394. The van der Waals surface area contributed by atoms with Gasteiger partial charge in [0.25, 0.3) is 5.91 Å². The first-order valence-corrected chi connectivity index (χ1v) is 5.82. The van der Waals surface area contributed by atoms with Crippen molar-refractivity contribution in [3.05, 3.63) is 23.7 Å². The highest BCUT2D eigenvalue weighted by atomic mass is 16.5. The molecular weight excluding hydrogens is 220 g/mol. The van der Waals surface area contributed by atoms with Crippen LogP contribution in [0.4, 0.5) is 0 Å². The molecule has 3 N–H and O–H groups in total. The largest absolute Gasteiger partial charge is 0.456 e. The van der Waals surface area contributed by atoms with E-state index in [1.807, 2.05) is 6.92 Å². The number of carbonyl (C=O) groups is 1. The van der Waals surface area contributed by atoms with Gasteiger partial charge in [-0.3, -0.25) is 4.79 Å². The van der Waals surface area contributed by atoms with Crippen molar-refractivity contribution in [1.82, 2.24) is 5.32 Å². The molecule has 1 aliphatic heterocycles. The van der Waals surface area contributed by atoms with Crippen molar-refractivity contribution in [1.29, 1.82) is 0 Å². The highest BCUT2D eigenvalue weighted by molar-refractivity contribution is 5.92. The molecule has 1 aliphatic rings. The number of nitrogens with two attached hydrogens (primary N) is 1. The first kappa shape index (κ1) is 12.1. The van der Waals surface area contributed by atoms with Gasteiger partial charge in [0, 0.05) is 19.8 Å². The van der Waals surface area contributed by atoms with Crippen molar-refractivity contribution in [2.45, 2.75) is 25.3 Å². The lowest BCUT2D eigenvalue weighted by Crippen LogP contribution is -2.56. The van der Waals surface area contributed by atoms with Gasteiger partial charge in [0.05, 0.1) is 5.54 Å². The second-order valence-electron chi connectivity index (χ2n) is 4.46. The quantitative estimate of drug-likeness (QED) is 0.817. The minimum atomic E-state index is -0.351. The van der Waals surface area contributed by atoms with Crippen LogP contribution in [0.2, 0.25) is 0 Å². The van der Waals surface area contributed by atoms with Gasteiger partial charge in [0.1, 0.15) is 5.76 Å². The minimum Gasteiger partial charge on any atom is -0.456 e. The number of carbonyl (C=O) groups excluding carboxylic acids is 1. The van der Waals surface area contributed by atoms with E-state index in [2.05, 4.69) is 5.32 Å². The van der Waals surface area contributed by atoms with E-state index >= 15 is 0 Å². The van der Waals surface area contributed by atoms with Gasteiger partial charge in [0.15, 0.2) is 5.76 Å². The number of amides is 1. The molecule has 17 heavy (non-hydrogen) atoms. The summed E-state index contributed by atoms with van der Waals surface area (Å²) >= 11 is 0. The molecule has 0 bridgehead atoms. The lowest BCUT2D eigenvalue weighted by Gasteiger charge is -2.36. The zero-order valence-electron chi connectivity index (χ0n) is 9.99. The van der Waals surface area contributed by atoms with Crippen LogP contribution in [-0.2, 0) is 4.74 Å². The van der Waals surface area contributed by atoms with E-state index < -0.39 is 0 Å². The summed E-state index contributed by atoms with van der Waals surface area (Å²) in [7, 11) is 0. The van der Waals surface area contributed by atoms with Crippen molar-refractivity contribution in [2.75, 3.05) is 19.8 Å². The fraction of sp³-hybridized carbons (Fsp3) is 0.583. The van der Waals surface area contributed by atoms with Crippen LogP contribution in [-0.4, -0.2) is 31.2 Å². The van der Waals surface area contributed by atoms with Crippen LogP contribution in [0.25, 0.3) is 0 Å². The maximum atomic E-state index is 12.0. The first-order chi connectivity index (χ1) is 8.15. The van der Waals surface area contributed by atoms with Gasteiger partial charge in [-0.15, -0.1) is 0 Å². The van der Waals surface area contributed by atoms with E-state index in [1.165, 1.54) is 0 Å². The highest BCUT2D eigenvalue weighted by Crippen LogP contribution is 2.20. The molecule has 5 heteroatoms. The van der Waals surface area contributed by atoms with Crippen LogP contribution in [0.1, 0.15) is 29.2 Å². The minimum absolute atomic E-state index is 0.203. The van der Waals surface area contributed by atoms with E-state index in [9.17, 15) is 4.79 Å². The van der Waals surface area contributed by atoms with E-state index in [-0.39, 0.29) is 11.4 Å². The summed E-state index contributed by atoms with van der Waals surface area (Å²) < 4.78 is 10.6. The summed E-state index contributed by atoms with van der Waals surface area (Å²) in [6, 6.07) is 3.45. The molecule has 0 saturated carbocycles. The van der Waals surface area contributed by atoms with Crippen molar-refractivity contribution >= 4 is 5.91 Å². The third-order valence-electron chi connectivity index (χ3n) is 3.18. The van der Waals surface area contributed by atoms with Gasteiger partial charge in [-0.1, -0.05) is 0 Å². The maximum absolute atomic E-state index is 12.0. The Kier molecular flexibility index (Phi) is 3.49. The van der Waals surface area contributed by atoms with Crippen molar-refractivity contribution in [3.63, 3.8) is 0 Å². The fourth-order valence-electron chi connectivity index (χ4n) is 2.00. The molecular formula is C12H18N2O3. The van der Waals surface area contributed by atoms with Crippen molar-refractivity contribution < 1.29 is 13.9 Å². The molecule has 94 valence electrons. The molecule has 1 aromatic heterocycles. The van der Waals surface area contributed by atoms with Crippen molar-refractivity contribution in [2.24, 2.45) is 5.73 Å². The normalized spacial score (nSPS) is 18.9. The second-order valence-corrected chi connectivity index (χ2v) is 4.46. The van der Waals surface area contributed by atoms with Crippen molar-refractivity contribution in [3.8, 4) is 0 Å². The molecule has 1 aromatic rings. The van der Waals surface area contributed by atoms with Gasteiger partial charge >= 0.3 is 0 Å². The van der Waals surface area contributed by atoms with E-state index in [0.717, 1.165) is 18.6 Å². The van der Waals surface area contributed by atoms with Gasteiger partial charge in [-0.05, 0) is 31.9 Å². The number of nitrogens with one attached hydrogen (secondary N) is 1. The standard InChI is InChI=1S/C12H18N2O3/c1-9-2-3-10(17-9)11(15)14-12(8-13)4-6-16-7-5-12/h2-3H,4-8,13H2,1H3,(H,14,15). The Morgan fingerprint density at radius 2 is 2.18 bits per heavy atom. The molecule has 1 fully saturated rings. The average molecular weight is 238 g/mol. The monoisotopic (exact) mass is 238 g/mol. The zero-order valence-corrected chi connectivity index (χ0v) is 9.99. The molecule has 2 heterocycles. The maximum Gasteiger partial charge on any atom is 0.287 e. The lowest BCUT2D eigenvalue weighted by atomic mass is 9.90. The second kappa shape index (κ2) is 4.89. The Morgan fingerprint density at radius 1 is 1.47 bits per heavy atom. The van der Waals surface area contributed by atoms with Gasteiger partial charge < -0.3 is 20.2 Å². The molecule has 0 spiro atoms. The molecule has 5 nitrogen and oxygen atoms in total.